The second-order valence-corrected chi connectivity index (χ2v) is 5.82. The van der Waals surface area contributed by atoms with Crippen molar-refractivity contribution in [3.63, 3.8) is 0 Å². The predicted octanol–water partition coefficient (Wildman–Crippen LogP) is 5.12. The van der Waals surface area contributed by atoms with Gasteiger partial charge in [-0.2, -0.15) is 0 Å². The van der Waals surface area contributed by atoms with Crippen LogP contribution in [0.25, 0.3) is 0 Å². The summed E-state index contributed by atoms with van der Waals surface area (Å²) < 4.78 is 14.5. The average molecular weight is 224 g/mol. The smallest absolute Gasteiger partial charge is 0.107 e. The van der Waals surface area contributed by atoms with Crippen LogP contribution in [0, 0.1) is 23.7 Å². The maximum atomic E-state index is 14.5. The Hall–Kier alpha value is -0.590. The van der Waals surface area contributed by atoms with Crippen LogP contribution in [0.4, 0.5) is 4.39 Å². The number of halogens is 1. The Labute approximate surface area is 99.6 Å². The molecule has 0 nitrogen and oxygen atoms in total. The van der Waals surface area contributed by atoms with E-state index in [4.69, 9.17) is 0 Å². The summed E-state index contributed by atoms with van der Waals surface area (Å²) in [6.07, 6.45) is 3.13. The molecular weight excluding hydrogens is 199 g/mol. The Morgan fingerprint density at radius 2 is 1.62 bits per heavy atom. The lowest BCUT2D eigenvalue weighted by atomic mass is 9.76. The molecular formula is C15H25F. The lowest BCUT2D eigenvalue weighted by Crippen LogP contribution is -2.19. The lowest BCUT2D eigenvalue weighted by Gasteiger charge is -2.30. The highest BCUT2D eigenvalue weighted by atomic mass is 19.1. The minimum Gasteiger partial charge on any atom is -0.211 e. The van der Waals surface area contributed by atoms with Gasteiger partial charge in [-0.25, -0.2) is 4.39 Å². The molecule has 0 fully saturated rings. The summed E-state index contributed by atoms with van der Waals surface area (Å²) in [4.78, 5) is 0. The molecule has 0 saturated carbocycles. The van der Waals surface area contributed by atoms with Gasteiger partial charge >= 0.3 is 0 Å². The maximum absolute atomic E-state index is 14.5. The molecule has 1 atom stereocenters. The van der Waals surface area contributed by atoms with Crippen LogP contribution in [0.15, 0.2) is 23.0 Å². The first-order chi connectivity index (χ1) is 7.36. The highest BCUT2D eigenvalue weighted by Crippen LogP contribution is 2.40. The molecule has 0 heterocycles. The van der Waals surface area contributed by atoms with Gasteiger partial charge in [0.1, 0.15) is 5.83 Å². The predicted molar refractivity (Wildman–Crippen MR) is 68.8 cm³/mol. The van der Waals surface area contributed by atoms with Gasteiger partial charge in [0.25, 0.3) is 0 Å². The van der Waals surface area contributed by atoms with Crippen molar-refractivity contribution in [2.45, 2.75) is 48.0 Å². The van der Waals surface area contributed by atoms with Gasteiger partial charge in [-0.15, -0.1) is 0 Å². The third-order valence-corrected chi connectivity index (χ3v) is 3.49. The number of hydrogen-bond acceptors (Lipinski definition) is 0. The van der Waals surface area contributed by atoms with Crippen molar-refractivity contribution in [2.75, 3.05) is 0 Å². The van der Waals surface area contributed by atoms with Crippen LogP contribution in [0.5, 0.6) is 0 Å². The van der Waals surface area contributed by atoms with Crippen LogP contribution in [0.1, 0.15) is 48.0 Å². The van der Waals surface area contributed by atoms with Crippen LogP contribution >= 0.6 is 0 Å². The van der Waals surface area contributed by atoms with E-state index in [2.05, 4.69) is 47.6 Å². The zero-order valence-corrected chi connectivity index (χ0v) is 11.5. The standard InChI is InChI=1S/C15H25F/c1-9(2)12-7-8-13(10(3)4)15(16)14(12)11(5)6/h7,9-11,13H,8H2,1-6H3. The van der Waals surface area contributed by atoms with E-state index >= 15 is 0 Å². The molecule has 0 N–H and O–H groups in total. The zero-order chi connectivity index (χ0) is 12.5. The fourth-order valence-electron chi connectivity index (χ4n) is 2.53. The molecule has 0 bridgehead atoms. The molecule has 0 aromatic rings. The van der Waals surface area contributed by atoms with Crippen molar-refractivity contribution in [1.82, 2.24) is 0 Å². The normalized spacial score (nSPS) is 22.4. The Bertz CT molecular complexity index is 305. The van der Waals surface area contributed by atoms with Gasteiger partial charge < -0.3 is 0 Å². The number of hydrogen-bond donors (Lipinski definition) is 0. The molecule has 1 unspecified atom stereocenters. The first kappa shape index (κ1) is 13.5. The fourth-order valence-corrected chi connectivity index (χ4v) is 2.53. The summed E-state index contributed by atoms with van der Waals surface area (Å²) in [6.45, 7) is 12.7. The monoisotopic (exact) mass is 224 g/mol. The summed E-state index contributed by atoms with van der Waals surface area (Å²) >= 11 is 0. The molecule has 0 saturated heterocycles. The van der Waals surface area contributed by atoms with Crippen LogP contribution in [-0.4, -0.2) is 0 Å². The van der Waals surface area contributed by atoms with Gasteiger partial charge in [-0.05, 0) is 35.3 Å². The third kappa shape index (κ3) is 2.56. The minimum absolute atomic E-state index is 0.0971. The van der Waals surface area contributed by atoms with Gasteiger partial charge in [0.15, 0.2) is 0 Å². The Kier molecular flexibility index (Phi) is 4.35. The maximum Gasteiger partial charge on any atom is 0.107 e. The van der Waals surface area contributed by atoms with Crippen molar-refractivity contribution in [1.29, 1.82) is 0 Å². The minimum atomic E-state index is 0.0971. The van der Waals surface area contributed by atoms with E-state index in [9.17, 15) is 4.39 Å². The lowest BCUT2D eigenvalue weighted by molar-refractivity contribution is 0.351. The van der Waals surface area contributed by atoms with Crippen molar-refractivity contribution in [3.8, 4) is 0 Å². The number of allylic oxidation sites excluding steroid dienone is 4. The molecule has 0 aromatic carbocycles. The van der Waals surface area contributed by atoms with Crippen LogP contribution in [-0.2, 0) is 0 Å². The van der Waals surface area contributed by atoms with E-state index in [1.165, 1.54) is 5.57 Å². The summed E-state index contributed by atoms with van der Waals surface area (Å²) in [5.74, 6) is 1.35. The first-order valence-corrected chi connectivity index (χ1v) is 6.46. The topological polar surface area (TPSA) is 0 Å². The van der Waals surface area contributed by atoms with Crippen LogP contribution in [0.2, 0.25) is 0 Å². The van der Waals surface area contributed by atoms with Gasteiger partial charge in [-0.3, -0.25) is 0 Å². The van der Waals surface area contributed by atoms with Crippen LogP contribution in [0.3, 0.4) is 0 Å². The van der Waals surface area contributed by atoms with E-state index in [1.807, 2.05) is 0 Å². The van der Waals surface area contributed by atoms with E-state index in [1.54, 1.807) is 0 Å². The molecule has 0 amide bonds. The summed E-state index contributed by atoms with van der Waals surface area (Å²) in [5.41, 5.74) is 2.20. The molecule has 16 heavy (non-hydrogen) atoms. The fraction of sp³-hybridized carbons (Fsp3) is 0.733. The van der Waals surface area contributed by atoms with Gasteiger partial charge in [0.05, 0.1) is 0 Å². The second-order valence-electron chi connectivity index (χ2n) is 5.82. The van der Waals surface area contributed by atoms with E-state index in [0.29, 0.717) is 11.8 Å². The molecule has 1 aliphatic rings. The Balaban J connectivity index is 3.14. The summed E-state index contributed by atoms with van der Waals surface area (Å²) in [5, 5.41) is 0. The molecule has 1 aliphatic carbocycles. The van der Waals surface area contributed by atoms with Crippen molar-refractivity contribution < 1.29 is 4.39 Å². The molecule has 0 aliphatic heterocycles. The highest BCUT2D eigenvalue weighted by molar-refractivity contribution is 5.40. The molecule has 1 heteroatoms. The zero-order valence-electron chi connectivity index (χ0n) is 11.5. The first-order valence-electron chi connectivity index (χ1n) is 6.46. The van der Waals surface area contributed by atoms with Crippen molar-refractivity contribution >= 4 is 0 Å². The molecule has 0 aromatic heterocycles. The van der Waals surface area contributed by atoms with Crippen molar-refractivity contribution in [2.24, 2.45) is 23.7 Å². The molecule has 1 rings (SSSR count). The summed E-state index contributed by atoms with van der Waals surface area (Å²) in [7, 11) is 0. The van der Waals surface area contributed by atoms with Crippen molar-refractivity contribution in [3.05, 3.63) is 23.0 Å². The molecule has 0 spiro atoms. The van der Waals surface area contributed by atoms with E-state index in [0.717, 1.165) is 12.0 Å². The number of rotatable bonds is 3. The second kappa shape index (κ2) is 5.16. The molecule has 92 valence electrons. The third-order valence-electron chi connectivity index (χ3n) is 3.49. The highest BCUT2D eigenvalue weighted by Gasteiger charge is 2.29. The van der Waals surface area contributed by atoms with E-state index in [-0.39, 0.29) is 17.7 Å². The molecule has 0 radical (unpaired) electrons. The average Bonchev–Trinajstić information content (AvgIpc) is 2.15. The van der Waals surface area contributed by atoms with Crippen LogP contribution < -0.4 is 0 Å². The largest absolute Gasteiger partial charge is 0.211 e. The quantitative estimate of drug-likeness (QED) is 0.624. The van der Waals surface area contributed by atoms with E-state index < -0.39 is 0 Å². The Morgan fingerprint density at radius 3 is 2.00 bits per heavy atom. The Morgan fingerprint density at radius 1 is 1.06 bits per heavy atom. The van der Waals surface area contributed by atoms with Gasteiger partial charge in [-0.1, -0.05) is 47.6 Å². The SMILES string of the molecule is CC(C)C1=CCC(C(C)C)C(F)=C1C(C)C. The van der Waals surface area contributed by atoms with Gasteiger partial charge in [0.2, 0.25) is 0 Å². The summed E-state index contributed by atoms with van der Waals surface area (Å²) in [6, 6.07) is 0. The van der Waals surface area contributed by atoms with Gasteiger partial charge in [0, 0.05) is 5.92 Å².